The van der Waals surface area contributed by atoms with Crippen molar-refractivity contribution in [2.24, 2.45) is 0 Å². The van der Waals surface area contributed by atoms with E-state index in [0.29, 0.717) is 5.69 Å². The van der Waals surface area contributed by atoms with E-state index < -0.39 is 10.0 Å². The Hall–Kier alpha value is -2.98. The number of sulfonamides is 1. The lowest BCUT2D eigenvalue weighted by Gasteiger charge is -2.12. The maximum atomic E-state index is 12.4. The van der Waals surface area contributed by atoms with Crippen LogP contribution in [0.2, 0.25) is 0 Å². The van der Waals surface area contributed by atoms with Crippen LogP contribution in [0.15, 0.2) is 77.0 Å². The zero-order valence-electron chi connectivity index (χ0n) is 14.8. The number of aromatic nitrogens is 3. The Bertz CT molecular complexity index is 1030. The first-order valence-electron chi connectivity index (χ1n) is 8.22. The van der Waals surface area contributed by atoms with Gasteiger partial charge in [-0.15, -0.1) is 0 Å². The molecule has 28 heavy (non-hydrogen) atoms. The van der Waals surface area contributed by atoms with E-state index in [9.17, 15) is 13.2 Å². The van der Waals surface area contributed by atoms with Crippen LogP contribution in [-0.4, -0.2) is 34.5 Å². The SMILES string of the molecule is C[C@H](Sc1ccccn1)C(=O)Nc1ccc(S(=O)(=O)Nc2ncccn2)cc1. The smallest absolute Gasteiger partial charge is 0.264 e. The third kappa shape index (κ3) is 5.27. The maximum absolute atomic E-state index is 12.4. The Morgan fingerprint density at radius 2 is 1.64 bits per heavy atom. The molecular formula is C18H17N5O3S2. The number of hydrogen-bond acceptors (Lipinski definition) is 7. The van der Waals surface area contributed by atoms with Crippen LogP contribution < -0.4 is 10.0 Å². The van der Waals surface area contributed by atoms with Gasteiger partial charge in [-0.1, -0.05) is 17.8 Å². The minimum Gasteiger partial charge on any atom is -0.325 e. The Morgan fingerprint density at radius 3 is 2.29 bits per heavy atom. The molecule has 0 bridgehead atoms. The van der Waals surface area contributed by atoms with E-state index in [1.165, 1.54) is 48.4 Å². The number of carbonyl (C=O) groups is 1. The highest BCUT2D eigenvalue weighted by molar-refractivity contribution is 8.00. The minimum atomic E-state index is -3.82. The molecule has 0 aliphatic carbocycles. The topological polar surface area (TPSA) is 114 Å². The van der Waals surface area contributed by atoms with Crippen LogP contribution in [0.3, 0.4) is 0 Å². The molecule has 0 unspecified atom stereocenters. The molecule has 144 valence electrons. The molecule has 1 amide bonds. The van der Waals surface area contributed by atoms with Crippen molar-refractivity contribution in [1.82, 2.24) is 15.0 Å². The van der Waals surface area contributed by atoms with E-state index in [4.69, 9.17) is 0 Å². The number of rotatable bonds is 7. The molecule has 8 nitrogen and oxygen atoms in total. The lowest BCUT2D eigenvalue weighted by Crippen LogP contribution is -2.22. The zero-order chi connectivity index (χ0) is 20.0. The fraction of sp³-hybridized carbons (Fsp3) is 0.111. The molecule has 0 fully saturated rings. The summed E-state index contributed by atoms with van der Waals surface area (Å²) >= 11 is 1.34. The van der Waals surface area contributed by atoms with Crippen molar-refractivity contribution >= 4 is 39.3 Å². The summed E-state index contributed by atoms with van der Waals surface area (Å²) in [5.74, 6) is -0.220. The van der Waals surface area contributed by atoms with Gasteiger partial charge in [0.15, 0.2) is 0 Å². The first-order valence-corrected chi connectivity index (χ1v) is 10.6. The van der Waals surface area contributed by atoms with Crippen LogP contribution in [0.25, 0.3) is 0 Å². The van der Waals surface area contributed by atoms with Gasteiger partial charge in [-0.25, -0.2) is 28.1 Å². The molecule has 1 atom stereocenters. The number of thioether (sulfide) groups is 1. The molecule has 0 spiro atoms. The third-order valence-electron chi connectivity index (χ3n) is 3.53. The van der Waals surface area contributed by atoms with Gasteiger partial charge in [-0.2, -0.15) is 0 Å². The zero-order valence-corrected chi connectivity index (χ0v) is 16.4. The highest BCUT2D eigenvalue weighted by Gasteiger charge is 2.17. The Kier molecular flexibility index (Phi) is 6.22. The number of nitrogens with one attached hydrogen (secondary N) is 2. The van der Waals surface area contributed by atoms with Crippen molar-refractivity contribution in [2.45, 2.75) is 22.1 Å². The molecule has 3 aromatic rings. The summed E-state index contributed by atoms with van der Waals surface area (Å²) in [6.45, 7) is 1.78. The molecule has 2 heterocycles. The summed E-state index contributed by atoms with van der Waals surface area (Å²) in [6, 6.07) is 12.9. The highest BCUT2D eigenvalue weighted by Crippen LogP contribution is 2.22. The first kappa shape index (κ1) is 19.8. The van der Waals surface area contributed by atoms with Gasteiger partial charge in [0.2, 0.25) is 11.9 Å². The van der Waals surface area contributed by atoms with Gasteiger partial charge in [0.05, 0.1) is 15.2 Å². The van der Waals surface area contributed by atoms with Gasteiger partial charge in [0, 0.05) is 24.3 Å². The first-order chi connectivity index (χ1) is 13.4. The van der Waals surface area contributed by atoms with Crippen molar-refractivity contribution in [2.75, 3.05) is 10.0 Å². The summed E-state index contributed by atoms with van der Waals surface area (Å²) < 4.78 is 27.0. The second-order valence-corrected chi connectivity index (χ2v) is 8.66. The molecule has 2 N–H and O–H groups in total. The number of carbonyl (C=O) groups excluding carboxylic acids is 1. The summed E-state index contributed by atoms with van der Waals surface area (Å²) in [7, 11) is -3.82. The van der Waals surface area contributed by atoms with E-state index in [1.54, 1.807) is 19.2 Å². The van der Waals surface area contributed by atoms with Crippen LogP contribution in [0, 0.1) is 0 Å². The minimum absolute atomic E-state index is 0.0137. The second kappa shape index (κ2) is 8.81. The normalized spacial score (nSPS) is 12.2. The number of nitrogens with zero attached hydrogens (tertiary/aromatic N) is 3. The lowest BCUT2D eigenvalue weighted by atomic mass is 10.3. The van der Waals surface area contributed by atoms with Crippen molar-refractivity contribution in [3.8, 4) is 0 Å². The largest absolute Gasteiger partial charge is 0.325 e. The summed E-state index contributed by atoms with van der Waals surface area (Å²) in [4.78, 5) is 24.2. The molecule has 0 aliphatic heterocycles. The Balaban J connectivity index is 1.63. The van der Waals surface area contributed by atoms with E-state index in [2.05, 4.69) is 25.0 Å². The van der Waals surface area contributed by atoms with Gasteiger partial charge in [0.1, 0.15) is 0 Å². The molecule has 1 aromatic carbocycles. The van der Waals surface area contributed by atoms with Crippen molar-refractivity contribution in [3.05, 3.63) is 67.1 Å². The van der Waals surface area contributed by atoms with Crippen LogP contribution >= 0.6 is 11.8 Å². The Labute approximate surface area is 166 Å². The average molecular weight is 416 g/mol. The predicted octanol–water partition coefficient (Wildman–Crippen LogP) is 2.79. The molecule has 2 aromatic heterocycles. The van der Waals surface area contributed by atoms with Gasteiger partial charge in [-0.3, -0.25) is 4.79 Å². The van der Waals surface area contributed by atoms with Crippen LogP contribution in [-0.2, 0) is 14.8 Å². The lowest BCUT2D eigenvalue weighted by molar-refractivity contribution is -0.115. The molecule has 3 rings (SSSR count). The van der Waals surface area contributed by atoms with Crippen LogP contribution in [0.5, 0.6) is 0 Å². The van der Waals surface area contributed by atoms with E-state index in [1.807, 2.05) is 18.2 Å². The van der Waals surface area contributed by atoms with Gasteiger partial charge >= 0.3 is 0 Å². The molecule has 0 radical (unpaired) electrons. The van der Waals surface area contributed by atoms with Crippen LogP contribution in [0.4, 0.5) is 11.6 Å². The van der Waals surface area contributed by atoms with Crippen LogP contribution in [0.1, 0.15) is 6.92 Å². The van der Waals surface area contributed by atoms with E-state index in [0.717, 1.165) is 5.03 Å². The number of amides is 1. The van der Waals surface area contributed by atoms with E-state index in [-0.39, 0.29) is 22.0 Å². The fourth-order valence-electron chi connectivity index (χ4n) is 2.14. The third-order valence-corrected chi connectivity index (χ3v) is 5.92. The molecule has 0 aliphatic rings. The second-order valence-electron chi connectivity index (χ2n) is 5.62. The number of anilines is 2. The summed E-state index contributed by atoms with van der Waals surface area (Å²) in [5.41, 5.74) is 0.494. The number of benzene rings is 1. The molecule has 10 heteroatoms. The molecule has 0 saturated heterocycles. The van der Waals surface area contributed by atoms with Crippen molar-refractivity contribution < 1.29 is 13.2 Å². The van der Waals surface area contributed by atoms with Gasteiger partial charge < -0.3 is 5.32 Å². The van der Waals surface area contributed by atoms with Gasteiger partial charge in [0.25, 0.3) is 10.0 Å². The standard InChI is InChI=1S/C18H17N5O3S2/c1-13(27-16-5-2-3-10-19-16)17(24)22-14-6-8-15(9-7-14)28(25,26)23-18-20-11-4-12-21-18/h2-13H,1H3,(H,22,24)(H,20,21,23)/t13-/m0/s1. The fourth-order valence-corrected chi connectivity index (χ4v) is 3.91. The monoisotopic (exact) mass is 415 g/mol. The van der Waals surface area contributed by atoms with E-state index >= 15 is 0 Å². The van der Waals surface area contributed by atoms with Crippen molar-refractivity contribution in [3.63, 3.8) is 0 Å². The van der Waals surface area contributed by atoms with Crippen molar-refractivity contribution in [1.29, 1.82) is 0 Å². The summed E-state index contributed by atoms with van der Waals surface area (Å²) in [6.07, 6.45) is 4.54. The predicted molar refractivity (Wildman–Crippen MR) is 107 cm³/mol. The average Bonchev–Trinajstić information content (AvgIpc) is 2.69. The Morgan fingerprint density at radius 1 is 0.964 bits per heavy atom. The molecule has 0 saturated carbocycles. The summed E-state index contributed by atoms with van der Waals surface area (Å²) in [5, 5.41) is 3.15. The van der Waals surface area contributed by atoms with Gasteiger partial charge in [-0.05, 0) is 49.4 Å². The highest BCUT2D eigenvalue weighted by atomic mass is 32.2. The molecular weight excluding hydrogens is 398 g/mol. The maximum Gasteiger partial charge on any atom is 0.264 e. The number of pyridine rings is 1. The quantitative estimate of drug-likeness (QED) is 0.570. The number of hydrogen-bond donors (Lipinski definition) is 2.